The molecule has 2 heterocycles. The molecule has 0 atom stereocenters. The van der Waals surface area contributed by atoms with Gasteiger partial charge in [-0.1, -0.05) is 48.6 Å². The van der Waals surface area contributed by atoms with E-state index in [1.54, 1.807) is 28.6 Å². The first kappa shape index (κ1) is 20.0. The summed E-state index contributed by atoms with van der Waals surface area (Å²) in [6.07, 6.45) is 4.75. The van der Waals surface area contributed by atoms with E-state index in [1.165, 1.54) is 5.56 Å². The summed E-state index contributed by atoms with van der Waals surface area (Å²) in [6.45, 7) is 2.88. The van der Waals surface area contributed by atoms with Gasteiger partial charge in [-0.25, -0.2) is 4.98 Å². The van der Waals surface area contributed by atoms with Crippen molar-refractivity contribution >= 4 is 32.6 Å². The number of hydrogen-bond acceptors (Lipinski definition) is 5. The molecule has 2 aromatic carbocycles. The van der Waals surface area contributed by atoms with Crippen molar-refractivity contribution in [3.05, 3.63) is 84.2 Å². The Labute approximate surface area is 180 Å². The molecular weight excluding hydrogens is 394 g/mol. The number of carbonyl (C=O) groups is 1. The molecule has 0 N–H and O–H groups in total. The maximum Gasteiger partial charge on any atom is 0.232 e. The highest BCUT2D eigenvalue weighted by atomic mass is 32.1. The summed E-state index contributed by atoms with van der Waals surface area (Å²) in [6, 6.07) is 19.7. The molecule has 0 bridgehead atoms. The van der Waals surface area contributed by atoms with Crippen molar-refractivity contribution in [1.82, 2.24) is 9.97 Å². The third kappa shape index (κ3) is 4.83. The van der Waals surface area contributed by atoms with Crippen LogP contribution in [0.25, 0.3) is 10.2 Å². The van der Waals surface area contributed by atoms with Crippen LogP contribution in [-0.2, 0) is 17.8 Å². The van der Waals surface area contributed by atoms with Gasteiger partial charge in [-0.3, -0.25) is 14.7 Å². The van der Waals surface area contributed by atoms with Crippen molar-refractivity contribution in [2.75, 3.05) is 11.5 Å². The maximum atomic E-state index is 13.1. The average Bonchev–Trinajstić information content (AvgIpc) is 3.21. The Bertz CT molecular complexity index is 1110. The van der Waals surface area contributed by atoms with E-state index in [-0.39, 0.29) is 12.3 Å². The molecule has 0 unspecified atom stereocenters. The second-order valence-electron chi connectivity index (χ2n) is 6.90. The van der Waals surface area contributed by atoms with Crippen molar-refractivity contribution in [1.29, 1.82) is 0 Å². The smallest absolute Gasteiger partial charge is 0.232 e. The number of nitrogens with zero attached hydrogens (tertiary/aromatic N) is 3. The number of pyridine rings is 1. The Kier molecular flexibility index (Phi) is 6.35. The number of fused-ring (bicyclic) bond motifs is 1. The molecule has 6 heteroatoms. The number of carbonyl (C=O) groups excluding carboxylic acids is 1. The molecule has 5 nitrogen and oxygen atoms in total. The average molecular weight is 418 g/mol. The number of ether oxygens (including phenoxy) is 1. The molecule has 0 saturated heterocycles. The maximum absolute atomic E-state index is 13.1. The van der Waals surface area contributed by atoms with Gasteiger partial charge in [0.05, 0.1) is 29.8 Å². The van der Waals surface area contributed by atoms with Crippen LogP contribution >= 0.6 is 11.3 Å². The molecule has 4 aromatic rings. The normalized spacial score (nSPS) is 10.8. The molecule has 30 heavy (non-hydrogen) atoms. The Hall–Kier alpha value is -3.25. The third-order valence-electron chi connectivity index (χ3n) is 4.77. The van der Waals surface area contributed by atoms with Crippen LogP contribution in [0.1, 0.15) is 24.5 Å². The highest BCUT2D eigenvalue weighted by Gasteiger charge is 2.20. The summed E-state index contributed by atoms with van der Waals surface area (Å²) in [7, 11) is 0. The van der Waals surface area contributed by atoms with E-state index < -0.39 is 0 Å². The lowest BCUT2D eigenvalue weighted by atomic mass is 10.2. The minimum atomic E-state index is -0.0236. The summed E-state index contributed by atoms with van der Waals surface area (Å²) < 4.78 is 6.82. The lowest BCUT2D eigenvalue weighted by Crippen LogP contribution is -2.31. The Morgan fingerprint density at radius 1 is 1.07 bits per heavy atom. The molecule has 1 amide bonds. The number of anilines is 1. The topological polar surface area (TPSA) is 55.3 Å². The van der Waals surface area contributed by atoms with Crippen LogP contribution in [0, 0.1) is 0 Å². The van der Waals surface area contributed by atoms with Crippen LogP contribution < -0.4 is 9.64 Å². The molecule has 4 rings (SSSR count). The lowest BCUT2D eigenvalue weighted by molar-refractivity contribution is -0.119. The first-order valence-corrected chi connectivity index (χ1v) is 10.8. The lowest BCUT2D eigenvalue weighted by Gasteiger charge is -2.20. The fraction of sp³-hybridized carbons (Fsp3) is 0.208. The van der Waals surface area contributed by atoms with Crippen LogP contribution in [-0.4, -0.2) is 22.5 Å². The van der Waals surface area contributed by atoms with Gasteiger partial charge >= 0.3 is 0 Å². The Balaban J connectivity index is 1.55. The zero-order valence-electron chi connectivity index (χ0n) is 16.8. The monoisotopic (exact) mass is 417 g/mol. The third-order valence-corrected chi connectivity index (χ3v) is 5.81. The number of thiazole rings is 1. The van der Waals surface area contributed by atoms with E-state index in [4.69, 9.17) is 9.72 Å². The predicted octanol–water partition coefficient (Wildman–Crippen LogP) is 5.26. The molecular formula is C24H23N3O2S. The number of rotatable bonds is 8. The number of aryl methyl sites for hydroxylation is 1. The van der Waals surface area contributed by atoms with Gasteiger partial charge in [0.2, 0.25) is 5.91 Å². The number of para-hydroxylation sites is 1. The van der Waals surface area contributed by atoms with Gasteiger partial charge < -0.3 is 4.74 Å². The van der Waals surface area contributed by atoms with Crippen LogP contribution in [0.2, 0.25) is 0 Å². The quantitative estimate of drug-likeness (QED) is 0.393. The first-order chi connectivity index (χ1) is 14.7. The van der Waals surface area contributed by atoms with Crippen molar-refractivity contribution in [2.24, 2.45) is 0 Å². The number of aromatic nitrogens is 2. The van der Waals surface area contributed by atoms with E-state index in [1.807, 2.05) is 48.5 Å². The summed E-state index contributed by atoms with van der Waals surface area (Å²) in [5, 5.41) is 0.701. The van der Waals surface area contributed by atoms with E-state index in [0.29, 0.717) is 18.3 Å². The molecule has 0 aliphatic rings. The first-order valence-electron chi connectivity index (χ1n) is 9.99. The zero-order chi connectivity index (χ0) is 20.8. The fourth-order valence-electron chi connectivity index (χ4n) is 3.14. The van der Waals surface area contributed by atoms with Gasteiger partial charge in [-0.05, 0) is 47.9 Å². The van der Waals surface area contributed by atoms with Gasteiger partial charge in [0.1, 0.15) is 5.75 Å². The summed E-state index contributed by atoms with van der Waals surface area (Å²) >= 11 is 1.55. The molecule has 0 radical (unpaired) electrons. The Morgan fingerprint density at radius 3 is 2.70 bits per heavy atom. The summed E-state index contributed by atoms with van der Waals surface area (Å²) in [5.41, 5.74) is 3.14. The van der Waals surface area contributed by atoms with Gasteiger partial charge in [-0.2, -0.15) is 0 Å². The minimum Gasteiger partial charge on any atom is -0.493 e. The SMILES string of the molecule is CCc1ccc2nc(N(Cc3cccnc3)C(=O)CCOc3ccccc3)sc2c1. The van der Waals surface area contributed by atoms with Gasteiger partial charge in [0.25, 0.3) is 0 Å². The van der Waals surface area contributed by atoms with Crippen LogP contribution in [0.4, 0.5) is 5.13 Å². The van der Waals surface area contributed by atoms with Crippen molar-refractivity contribution < 1.29 is 9.53 Å². The predicted molar refractivity (Wildman–Crippen MR) is 121 cm³/mol. The molecule has 152 valence electrons. The van der Waals surface area contributed by atoms with Gasteiger partial charge in [-0.15, -0.1) is 0 Å². The van der Waals surface area contributed by atoms with Gasteiger partial charge in [0.15, 0.2) is 5.13 Å². The van der Waals surface area contributed by atoms with E-state index in [2.05, 4.69) is 24.0 Å². The van der Waals surface area contributed by atoms with Crippen LogP contribution in [0.3, 0.4) is 0 Å². The molecule has 2 aromatic heterocycles. The number of amides is 1. The van der Waals surface area contributed by atoms with Crippen molar-refractivity contribution in [2.45, 2.75) is 26.3 Å². The molecule has 0 aliphatic carbocycles. The molecule has 0 fully saturated rings. The Morgan fingerprint density at radius 2 is 1.93 bits per heavy atom. The summed E-state index contributed by atoms with van der Waals surface area (Å²) in [4.78, 5) is 23.8. The molecule has 0 saturated carbocycles. The molecule has 0 spiro atoms. The van der Waals surface area contributed by atoms with E-state index in [0.717, 1.165) is 28.0 Å². The number of benzene rings is 2. The highest BCUT2D eigenvalue weighted by Crippen LogP contribution is 2.31. The second kappa shape index (κ2) is 9.50. The second-order valence-corrected chi connectivity index (χ2v) is 7.91. The van der Waals surface area contributed by atoms with Gasteiger partial charge in [0, 0.05) is 12.4 Å². The minimum absolute atomic E-state index is 0.0236. The van der Waals surface area contributed by atoms with Crippen molar-refractivity contribution in [3.8, 4) is 5.75 Å². The summed E-state index contributed by atoms with van der Waals surface area (Å²) in [5.74, 6) is 0.737. The zero-order valence-corrected chi connectivity index (χ0v) is 17.6. The molecule has 0 aliphatic heterocycles. The largest absolute Gasteiger partial charge is 0.493 e. The van der Waals surface area contributed by atoms with Crippen LogP contribution in [0.5, 0.6) is 5.75 Å². The number of hydrogen-bond donors (Lipinski definition) is 0. The standard InChI is InChI=1S/C24H23N3O2S/c1-2-18-10-11-21-22(15-18)30-24(26-21)27(17-19-7-6-13-25-16-19)23(28)12-14-29-20-8-4-3-5-9-20/h3-11,13,15-16H,2,12,14,17H2,1H3. The fourth-order valence-corrected chi connectivity index (χ4v) is 4.18. The van der Waals surface area contributed by atoms with Crippen LogP contribution in [0.15, 0.2) is 73.1 Å². The van der Waals surface area contributed by atoms with E-state index in [9.17, 15) is 4.79 Å². The van der Waals surface area contributed by atoms with E-state index >= 15 is 0 Å². The highest BCUT2D eigenvalue weighted by molar-refractivity contribution is 7.22. The van der Waals surface area contributed by atoms with Crippen molar-refractivity contribution in [3.63, 3.8) is 0 Å².